The van der Waals surface area contributed by atoms with Crippen molar-refractivity contribution >= 4 is 40.5 Å². The first-order chi connectivity index (χ1) is 11.3. The lowest BCUT2D eigenvalue weighted by atomic mass is 10.1. The van der Waals surface area contributed by atoms with Crippen molar-refractivity contribution in [2.24, 2.45) is 0 Å². The number of aromatic amines is 1. The van der Waals surface area contributed by atoms with Crippen molar-refractivity contribution < 1.29 is 0 Å². The zero-order valence-corrected chi connectivity index (χ0v) is 13.3. The van der Waals surface area contributed by atoms with Crippen LogP contribution in [-0.2, 0) is 0 Å². The number of hydrogen-bond acceptors (Lipinski definition) is 5. The van der Waals surface area contributed by atoms with Crippen molar-refractivity contribution in [2.45, 2.75) is 12.8 Å². The van der Waals surface area contributed by atoms with E-state index in [2.05, 4.69) is 19.9 Å². The summed E-state index contributed by atoms with van der Waals surface area (Å²) >= 11 is 1.66. The molecule has 0 saturated carbocycles. The largest absolute Gasteiger partial charge is 0.342 e. The molecule has 0 aliphatic carbocycles. The average Bonchev–Trinajstić information content (AvgIpc) is 3.26. The Balaban J connectivity index is 1.79. The van der Waals surface area contributed by atoms with Crippen LogP contribution in [0.2, 0.25) is 0 Å². The molecule has 1 fully saturated rings. The molecule has 1 aliphatic rings. The van der Waals surface area contributed by atoms with Crippen LogP contribution < -0.4 is 10.5 Å². The fraction of sp³-hybridized carbons (Fsp3) is 0.235. The maximum Gasteiger partial charge on any atom is 0.262 e. The second-order valence-electron chi connectivity index (χ2n) is 5.53. The predicted molar refractivity (Wildman–Crippen MR) is 94.9 cm³/mol. The monoisotopic (exact) mass is 324 g/mol. The molecule has 0 atom stereocenters. The van der Waals surface area contributed by atoms with Crippen LogP contribution in [0, 0.1) is 0 Å². The summed E-state index contributed by atoms with van der Waals surface area (Å²) in [5.74, 6) is 0.631. The van der Waals surface area contributed by atoms with E-state index in [-0.39, 0.29) is 5.56 Å². The molecule has 1 aliphatic heterocycles. The summed E-state index contributed by atoms with van der Waals surface area (Å²) in [7, 11) is 0. The minimum atomic E-state index is -0.129. The fourth-order valence-electron chi connectivity index (χ4n) is 2.85. The number of hydrogen-bond donors (Lipinski definition) is 1. The highest BCUT2D eigenvalue weighted by Crippen LogP contribution is 2.19. The van der Waals surface area contributed by atoms with Crippen molar-refractivity contribution in [3.63, 3.8) is 0 Å². The minimum Gasteiger partial charge on any atom is -0.342 e. The summed E-state index contributed by atoms with van der Waals surface area (Å²) < 4.78 is 0. The van der Waals surface area contributed by atoms with E-state index in [1.165, 1.54) is 0 Å². The van der Waals surface area contributed by atoms with Crippen LogP contribution in [0.3, 0.4) is 0 Å². The lowest BCUT2D eigenvalue weighted by Crippen LogP contribution is -2.24. The third-order valence-corrected chi connectivity index (χ3v) is 4.84. The molecule has 3 aromatic rings. The number of aromatic nitrogens is 3. The Morgan fingerprint density at radius 3 is 2.87 bits per heavy atom. The molecular weight excluding hydrogens is 308 g/mol. The maximum atomic E-state index is 12.5. The molecule has 0 amide bonds. The van der Waals surface area contributed by atoms with Gasteiger partial charge in [-0.3, -0.25) is 9.78 Å². The van der Waals surface area contributed by atoms with E-state index < -0.39 is 0 Å². The van der Waals surface area contributed by atoms with E-state index in [9.17, 15) is 4.79 Å². The second-order valence-corrected chi connectivity index (χ2v) is 6.51. The van der Waals surface area contributed by atoms with Gasteiger partial charge < -0.3 is 4.90 Å². The van der Waals surface area contributed by atoms with Gasteiger partial charge >= 0.3 is 0 Å². The van der Waals surface area contributed by atoms with Gasteiger partial charge in [0.1, 0.15) is 0 Å². The van der Waals surface area contributed by atoms with Gasteiger partial charge in [-0.15, -0.1) is 11.3 Å². The van der Waals surface area contributed by atoms with Gasteiger partial charge in [0.2, 0.25) is 5.95 Å². The van der Waals surface area contributed by atoms with Crippen LogP contribution in [-0.4, -0.2) is 28.0 Å². The normalized spacial score (nSPS) is 15.0. The van der Waals surface area contributed by atoms with Crippen LogP contribution in [0.1, 0.15) is 23.3 Å². The summed E-state index contributed by atoms with van der Waals surface area (Å²) in [6.07, 6.45) is 7.93. The average molecular weight is 324 g/mol. The first-order valence-electron chi connectivity index (χ1n) is 7.67. The van der Waals surface area contributed by atoms with Gasteiger partial charge in [-0.25, -0.2) is 4.98 Å². The lowest BCUT2D eigenvalue weighted by molar-refractivity contribution is 0.897. The van der Waals surface area contributed by atoms with E-state index >= 15 is 0 Å². The minimum absolute atomic E-state index is 0.129. The topological polar surface area (TPSA) is 61.9 Å². The molecular formula is C17H16N4OS. The van der Waals surface area contributed by atoms with Crippen molar-refractivity contribution in [3.8, 4) is 0 Å². The van der Waals surface area contributed by atoms with Gasteiger partial charge in [-0.05, 0) is 42.0 Å². The Labute approximate surface area is 137 Å². The van der Waals surface area contributed by atoms with Crippen molar-refractivity contribution in [1.82, 2.24) is 15.0 Å². The fourth-order valence-corrected chi connectivity index (χ4v) is 3.47. The van der Waals surface area contributed by atoms with E-state index in [0.29, 0.717) is 17.0 Å². The molecule has 0 radical (unpaired) electrons. The number of H-pyrrole nitrogens is 1. The molecule has 0 unspecified atom stereocenters. The number of pyridine rings is 1. The van der Waals surface area contributed by atoms with Crippen LogP contribution in [0.15, 0.2) is 34.6 Å². The van der Waals surface area contributed by atoms with Gasteiger partial charge in [0.05, 0.1) is 5.39 Å². The molecule has 4 heterocycles. The standard InChI is InChI=1S/C17H16N4OS/c22-16-14-12(5-6-13-4-3-11-23-13)7-8-18-15(14)19-17(20-16)21-9-1-2-10-21/h3-8,11H,1-2,9-10H2,(H,18,19,20,22)/b6-5+. The smallest absolute Gasteiger partial charge is 0.262 e. The summed E-state index contributed by atoms with van der Waals surface area (Å²) in [5.41, 5.74) is 1.21. The molecule has 0 aromatic carbocycles. The third kappa shape index (κ3) is 2.77. The molecule has 4 rings (SSSR count). The molecule has 116 valence electrons. The van der Waals surface area contributed by atoms with Crippen LogP contribution in [0.4, 0.5) is 5.95 Å². The lowest BCUT2D eigenvalue weighted by Gasteiger charge is -2.15. The third-order valence-electron chi connectivity index (χ3n) is 4.00. The molecule has 3 aromatic heterocycles. The first kappa shape index (κ1) is 14.1. The molecule has 6 heteroatoms. The summed E-state index contributed by atoms with van der Waals surface area (Å²) in [5, 5.41) is 2.57. The van der Waals surface area contributed by atoms with E-state index in [4.69, 9.17) is 0 Å². The molecule has 1 N–H and O–H groups in total. The number of thiophene rings is 1. The van der Waals surface area contributed by atoms with Crippen LogP contribution in [0.25, 0.3) is 23.2 Å². The van der Waals surface area contributed by atoms with Crippen molar-refractivity contribution in [3.05, 3.63) is 50.6 Å². The first-order valence-corrected chi connectivity index (χ1v) is 8.55. The summed E-state index contributed by atoms with van der Waals surface area (Å²) in [4.78, 5) is 27.6. The Hall–Kier alpha value is -2.47. The zero-order chi connectivity index (χ0) is 15.6. The Morgan fingerprint density at radius 2 is 2.09 bits per heavy atom. The SMILES string of the molecule is O=c1[nH]c(N2CCCC2)nc2nccc(/C=C/c3cccs3)c12. The number of anilines is 1. The maximum absolute atomic E-state index is 12.5. The van der Waals surface area contributed by atoms with Crippen molar-refractivity contribution in [1.29, 1.82) is 0 Å². The van der Waals surface area contributed by atoms with Gasteiger partial charge in [0.25, 0.3) is 5.56 Å². The summed E-state index contributed by atoms with van der Waals surface area (Å²) in [6, 6.07) is 5.89. The van der Waals surface area contributed by atoms with Gasteiger partial charge in [0.15, 0.2) is 5.65 Å². The highest BCUT2D eigenvalue weighted by molar-refractivity contribution is 7.10. The van der Waals surface area contributed by atoms with E-state index in [0.717, 1.165) is 36.4 Å². The number of nitrogens with one attached hydrogen (secondary N) is 1. The number of nitrogens with zero attached hydrogens (tertiary/aromatic N) is 3. The molecule has 1 saturated heterocycles. The highest BCUT2D eigenvalue weighted by atomic mass is 32.1. The van der Waals surface area contributed by atoms with Crippen LogP contribution >= 0.6 is 11.3 Å². The predicted octanol–water partition coefficient (Wildman–Crippen LogP) is 3.15. The molecule has 23 heavy (non-hydrogen) atoms. The zero-order valence-electron chi connectivity index (χ0n) is 12.5. The molecule has 5 nitrogen and oxygen atoms in total. The Kier molecular flexibility index (Phi) is 3.67. The highest BCUT2D eigenvalue weighted by Gasteiger charge is 2.16. The Morgan fingerprint density at radius 1 is 1.22 bits per heavy atom. The molecule has 0 spiro atoms. The van der Waals surface area contributed by atoms with Gasteiger partial charge in [-0.1, -0.05) is 12.1 Å². The Bertz CT molecular complexity index is 908. The van der Waals surface area contributed by atoms with Gasteiger partial charge in [-0.2, -0.15) is 4.98 Å². The second kappa shape index (κ2) is 5.96. The van der Waals surface area contributed by atoms with Crippen LogP contribution in [0.5, 0.6) is 0 Å². The van der Waals surface area contributed by atoms with Crippen molar-refractivity contribution in [2.75, 3.05) is 18.0 Å². The number of fused-ring (bicyclic) bond motifs is 1. The summed E-state index contributed by atoms with van der Waals surface area (Å²) in [6.45, 7) is 1.87. The van der Waals surface area contributed by atoms with E-state index in [1.54, 1.807) is 17.5 Å². The number of rotatable bonds is 3. The van der Waals surface area contributed by atoms with Gasteiger partial charge in [0, 0.05) is 24.2 Å². The molecule has 0 bridgehead atoms. The quantitative estimate of drug-likeness (QED) is 0.804. The van der Waals surface area contributed by atoms with E-state index in [1.807, 2.05) is 35.7 Å².